The molecule has 80 valence electrons. The molecule has 0 unspecified atom stereocenters. The van der Waals surface area contributed by atoms with Gasteiger partial charge in [0.2, 0.25) is 0 Å². The van der Waals surface area contributed by atoms with E-state index >= 15 is 0 Å². The Morgan fingerprint density at radius 2 is 2.47 bits per heavy atom. The molecule has 6 heteroatoms. The van der Waals surface area contributed by atoms with E-state index in [1.807, 2.05) is 17.7 Å². The minimum Gasteiger partial charge on any atom is -0.390 e. The minimum absolute atomic E-state index is 0.00900. The Hall–Kier alpha value is -0.980. The normalized spacial score (nSPS) is 10.8. The standard InChI is InChI=1S/C9H11N3OS2/c1-6-10-3-8(15-6)4-12-7(5-13)2-11-9(12)14/h2-3,13H,4-5H2,1H3,(H,11,14). The summed E-state index contributed by atoms with van der Waals surface area (Å²) in [5, 5.41) is 10.2. The highest BCUT2D eigenvalue weighted by Gasteiger charge is 2.05. The van der Waals surface area contributed by atoms with Crippen LogP contribution in [0.1, 0.15) is 15.6 Å². The number of nitrogens with one attached hydrogen (secondary N) is 1. The lowest BCUT2D eigenvalue weighted by Gasteiger charge is -2.03. The van der Waals surface area contributed by atoms with Crippen LogP contribution in [0.15, 0.2) is 12.4 Å². The van der Waals surface area contributed by atoms with E-state index in [-0.39, 0.29) is 6.61 Å². The summed E-state index contributed by atoms with van der Waals surface area (Å²) in [6.45, 7) is 2.63. The van der Waals surface area contributed by atoms with Crippen molar-refractivity contribution < 1.29 is 5.11 Å². The van der Waals surface area contributed by atoms with Crippen molar-refractivity contribution in [2.45, 2.75) is 20.1 Å². The molecule has 2 aromatic heterocycles. The maximum absolute atomic E-state index is 9.12. The lowest BCUT2D eigenvalue weighted by Crippen LogP contribution is -2.03. The summed E-state index contributed by atoms with van der Waals surface area (Å²) in [6, 6.07) is 0. The molecule has 0 aliphatic rings. The van der Waals surface area contributed by atoms with E-state index in [0.29, 0.717) is 11.3 Å². The molecular weight excluding hydrogens is 230 g/mol. The Bertz CT molecular complexity index is 511. The molecule has 0 aromatic carbocycles. The third kappa shape index (κ3) is 2.17. The third-order valence-corrected chi connectivity index (χ3v) is 3.33. The number of imidazole rings is 1. The quantitative estimate of drug-likeness (QED) is 0.806. The van der Waals surface area contributed by atoms with Crippen LogP contribution in [-0.4, -0.2) is 19.6 Å². The minimum atomic E-state index is -0.00900. The second-order valence-corrected chi connectivity index (χ2v) is 4.88. The van der Waals surface area contributed by atoms with Gasteiger partial charge in [-0.3, -0.25) is 0 Å². The first-order valence-corrected chi connectivity index (χ1v) is 5.72. The van der Waals surface area contributed by atoms with Crippen molar-refractivity contribution in [2.24, 2.45) is 0 Å². The van der Waals surface area contributed by atoms with E-state index in [1.165, 1.54) is 0 Å². The fourth-order valence-electron chi connectivity index (χ4n) is 1.37. The van der Waals surface area contributed by atoms with E-state index in [9.17, 15) is 0 Å². The molecule has 0 amide bonds. The number of thiazole rings is 1. The summed E-state index contributed by atoms with van der Waals surface area (Å²) in [5.41, 5.74) is 0.797. The summed E-state index contributed by atoms with van der Waals surface area (Å²) >= 11 is 6.77. The van der Waals surface area contributed by atoms with Crippen LogP contribution >= 0.6 is 23.6 Å². The van der Waals surface area contributed by atoms with Gasteiger partial charge in [-0.25, -0.2) is 4.98 Å². The molecule has 0 radical (unpaired) electrons. The Morgan fingerprint density at radius 1 is 1.67 bits per heavy atom. The summed E-state index contributed by atoms with van der Waals surface area (Å²) in [7, 11) is 0. The van der Waals surface area contributed by atoms with Crippen LogP contribution in [0.25, 0.3) is 0 Å². The molecule has 0 fully saturated rings. The number of aromatic amines is 1. The first kappa shape index (κ1) is 10.5. The van der Waals surface area contributed by atoms with Crippen LogP contribution in [0, 0.1) is 11.7 Å². The zero-order chi connectivity index (χ0) is 10.8. The van der Waals surface area contributed by atoms with Crippen molar-refractivity contribution in [3.8, 4) is 0 Å². The fourth-order valence-corrected chi connectivity index (χ4v) is 2.39. The molecule has 0 bridgehead atoms. The molecule has 2 aromatic rings. The van der Waals surface area contributed by atoms with Crippen LogP contribution in [-0.2, 0) is 13.2 Å². The summed E-state index contributed by atoms with van der Waals surface area (Å²) < 4.78 is 2.51. The van der Waals surface area contributed by atoms with Crippen LogP contribution in [0.5, 0.6) is 0 Å². The molecular formula is C9H11N3OS2. The van der Waals surface area contributed by atoms with Gasteiger partial charge in [-0.15, -0.1) is 11.3 Å². The molecule has 2 heterocycles. The fraction of sp³-hybridized carbons (Fsp3) is 0.333. The average Bonchev–Trinajstić information content (AvgIpc) is 2.76. The summed E-state index contributed by atoms with van der Waals surface area (Å²) in [6.07, 6.45) is 3.58. The zero-order valence-corrected chi connectivity index (χ0v) is 9.86. The van der Waals surface area contributed by atoms with Gasteiger partial charge in [0.05, 0.1) is 23.9 Å². The Labute approximate surface area is 96.2 Å². The topological polar surface area (TPSA) is 53.8 Å². The Morgan fingerprint density at radius 3 is 3.07 bits per heavy atom. The predicted molar refractivity (Wildman–Crippen MR) is 61.5 cm³/mol. The summed E-state index contributed by atoms with van der Waals surface area (Å²) in [4.78, 5) is 8.23. The van der Waals surface area contributed by atoms with Gasteiger partial charge >= 0.3 is 0 Å². The van der Waals surface area contributed by atoms with Crippen molar-refractivity contribution in [2.75, 3.05) is 0 Å². The largest absolute Gasteiger partial charge is 0.390 e. The Kier molecular flexibility index (Phi) is 2.99. The van der Waals surface area contributed by atoms with Crippen molar-refractivity contribution in [1.29, 1.82) is 0 Å². The number of hydrogen-bond acceptors (Lipinski definition) is 4. The smallest absolute Gasteiger partial charge is 0.177 e. The molecule has 2 N–H and O–H groups in total. The highest BCUT2D eigenvalue weighted by molar-refractivity contribution is 7.71. The molecule has 0 saturated carbocycles. The second kappa shape index (κ2) is 4.26. The van der Waals surface area contributed by atoms with Gasteiger partial charge in [0.15, 0.2) is 4.77 Å². The van der Waals surface area contributed by atoms with Gasteiger partial charge in [0.1, 0.15) is 0 Å². The third-order valence-electron chi connectivity index (χ3n) is 2.10. The van der Waals surface area contributed by atoms with Gasteiger partial charge in [-0.1, -0.05) is 0 Å². The maximum atomic E-state index is 9.12. The number of aliphatic hydroxyl groups excluding tert-OH is 1. The van der Waals surface area contributed by atoms with Crippen molar-refractivity contribution in [1.82, 2.24) is 14.5 Å². The number of nitrogens with zero attached hydrogens (tertiary/aromatic N) is 2. The molecule has 0 saturated heterocycles. The molecule has 0 aliphatic heterocycles. The van der Waals surface area contributed by atoms with E-state index < -0.39 is 0 Å². The van der Waals surface area contributed by atoms with Crippen LogP contribution in [0.4, 0.5) is 0 Å². The van der Waals surface area contributed by atoms with E-state index in [0.717, 1.165) is 15.6 Å². The Balaban J connectivity index is 2.31. The van der Waals surface area contributed by atoms with Crippen molar-refractivity contribution >= 4 is 23.6 Å². The molecule has 0 spiro atoms. The first-order chi connectivity index (χ1) is 7.20. The van der Waals surface area contributed by atoms with Gasteiger partial charge in [-0.05, 0) is 19.1 Å². The van der Waals surface area contributed by atoms with Gasteiger partial charge in [-0.2, -0.15) is 0 Å². The lowest BCUT2D eigenvalue weighted by atomic mass is 10.4. The van der Waals surface area contributed by atoms with Crippen LogP contribution in [0.2, 0.25) is 0 Å². The maximum Gasteiger partial charge on any atom is 0.177 e. The number of aliphatic hydroxyl groups is 1. The molecule has 0 aliphatic carbocycles. The average molecular weight is 241 g/mol. The van der Waals surface area contributed by atoms with Crippen LogP contribution in [0.3, 0.4) is 0 Å². The predicted octanol–water partition coefficient (Wildman–Crippen LogP) is 1.85. The van der Waals surface area contributed by atoms with Crippen LogP contribution < -0.4 is 0 Å². The molecule has 15 heavy (non-hydrogen) atoms. The molecule has 4 nitrogen and oxygen atoms in total. The van der Waals surface area contributed by atoms with Gasteiger partial charge in [0, 0.05) is 17.3 Å². The van der Waals surface area contributed by atoms with E-state index in [2.05, 4.69) is 9.97 Å². The van der Waals surface area contributed by atoms with Gasteiger partial charge in [0.25, 0.3) is 0 Å². The zero-order valence-electron chi connectivity index (χ0n) is 8.23. The van der Waals surface area contributed by atoms with Crippen molar-refractivity contribution in [3.05, 3.63) is 32.7 Å². The number of H-pyrrole nitrogens is 1. The van der Waals surface area contributed by atoms with Crippen molar-refractivity contribution in [3.63, 3.8) is 0 Å². The van der Waals surface area contributed by atoms with E-state index in [1.54, 1.807) is 17.5 Å². The molecule has 0 atom stereocenters. The summed E-state index contributed by atoms with van der Waals surface area (Å²) in [5.74, 6) is 0. The second-order valence-electron chi connectivity index (χ2n) is 3.18. The number of aromatic nitrogens is 3. The monoisotopic (exact) mass is 241 g/mol. The highest BCUT2D eigenvalue weighted by atomic mass is 32.1. The number of rotatable bonds is 3. The lowest BCUT2D eigenvalue weighted by molar-refractivity contribution is 0.271. The van der Waals surface area contributed by atoms with Gasteiger partial charge < -0.3 is 14.7 Å². The highest BCUT2D eigenvalue weighted by Crippen LogP contribution is 2.14. The van der Waals surface area contributed by atoms with E-state index in [4.69, 9.17) is 17.3 Å². The SMILES string of the molecule is Cc1ncc(Cn2c(CO)c[nH]c2=S)s1. The number of aryl methyl sites for hydroxylation is 1. The molecule has 2 rings (SSSR count). The number of hydrogen-bond donors (Lipinski definition) is 2. The first-order valence-electron chi connectivity index (χ1n) is 4.50.